The number of hydrogen-bond acceptors (Lipinski definition) is 2. The fourth-order valence-corrected chi connectivity index (χ4v) is 2.03. The summed E-state index contributed by atoms with van der Waals surface area (Å²) in [5, 5.41) is 3.54. The van der Waals surface area contributed by atoms with E-state index in [1.54, 1.807) is 7.11 Å². The SMILES string of the molecule is COCCC(C)(C)CNCc1ccc(C(C)C)cc1. The Morgan fingerprint density at radius 3 is 2.32 bits per heavy atom. The van der Waals surface area contributed by atoms with Crippen LogP contribution in [-0.4, -0.2) is 20.3 Å². The molecule has 0 saturated carbocycles. The highest BCUT2D eigenvalue weighted by atomic mass is 16.5. The van der Waals surface area contributed by atoms with Crippen molar-refractivity contribution < 1.29 is 4.74 Å². The second-order valence-electron chi connectivity index (χ2n) is 6.41. The highest BCUT2D eigenvalue weighted by Gasteiger charge is 2.16. The molecule has 0 unspecified atom stereocenters. The van der Waals surface area contributed by atoms with Gasteiger partial charge in [0.1, 0.15) is 0 Å². The van der Waals surface area contributed by atoms with Gasteiger partial charge >= 0.3 is 0 Å². The molecule has 2 nitrogen and oxygen atoms in total. The van der Waals surface area contributed by atoms with Gasteiger partial charge in [0.25, 0.3) is 0 Å². The Hall–Kier alpha value is -0.860. The van der Waals surface area contributed by atoms with E-state index in [4.69, 9.17) is 4.74 Å². The van der Waals surface area contributed by atoms with Gasteiger partial charge in [0.05, 0.1) is 0 Å². The molecule has 0 aliphatic carbocycles. The highest BCUT2D eigenvalue weighted by molar-refractivity contribution is 5.24. The van der Waals surface area contributed by atoms with Gasteiger partial charge in [-0.05, 0) is 28.9 Å². The van der Waals surface area contributed by atoms with Gasteiger partial charge in [-0.3, -0.25) is 0 Å². The number of methoxy groups -OCH3 is 1. The van der Waals surface area contributed by atoms with Crippen LogP contribution in [0.1, 0.15) is 51.2 Å². The first kappa shape index (κ1) is 16.2. The summed E-state index contributed by atoms with van der Waals surface area (Å²) < 4.78 is 5.15. The molecule has 0 saturated heterocycles. The summed E-state index contributed by atoms with van der Waals surface area (Å²) in [5.74, 6) is 0.606. The molecule has 0 aliphatic heterocycles. The van der Waals surface area contributed by atoms with Crippen molar-refractivity contribution in [3.63, 3.8) is 0 Å². The maximum Gasteiger partial charge on any atom is 0.0467 e. The van der Waals surface area contributed by atoms with Crippen LogP contribution in [0.3, 0.4) is 0 Å². The molecule has 1 aromatic rings. The summed E-state index contributed by atoms with van der Waals surface area (Å²) in [5.41, 5.74) is 3.05. The van der Waals surface area contributed by atoms with E-state index in [0.29, 0.717) is 5.92 Å². The average molecular weight is 263 g/mol. The molecule has 0 atom stereocenters. The number of nitrogens with one attached hydrogen (secondary N) is 1. The number of benzene rings is 1. The minimum atomic E-state index is 0.286. The second kappa shape index (κ2) is 7.66. The van der Waals surface area contributed by atoms with Gasteiger partial charge in [0.15, 0.2) is 0 Å². The Morgan fingerprint density at radius 1 is 1.16 bits per heavy atom. The molecule has 1 rings (SSSR count). The van der Waals surface area contributed by atoms with E-state index in [1.165, 1.54) is 11.1 Å². The summed E-state index contributed by atoms with van der Waals surface area (Å²) in [7, 11) is 1.76. The van der Waals surface area contributed by atoms with Crippen LogP contribution in [0.2, 0.25) is 0 Å². The minimum Gasteiger partial charge on any atom is -0.385 e. The largest absolute Gasteiger partial charge is 0.385 e. The van der Waals surface area contributed by atoms with Crippen molar-refractivity contribution >= 4 is 0 Å². The molecule has 0 aromatic heterocycles. The number of ether oxygens (including phenoxy) is 1. The summed E-state index contributed by atoms with van der Waals surface area (Å²) in [6.07, 6.45) is 1.09. The predicted molar refractivity (Wildman–Crippen MR) is 82.5 cm³/mol. The first-order chi connectivity index (χ1) is 8.94. The maximum absolute atomic E-state index is 5.15. The molecular formula is C17H29NO. The molecule has 0 spiro atoms. The molecule has 0 amide bonds. The summed E-state index contributed by atoms with van der Waals surface area (Å²) >= 11 is 0. The molecule has 0 aliphatic rings. The minimum absolute atomic E-state index is 0.286. The van der Waals surface area contributed by atoms with Crippen molar-refractivity contribution in [2.24, 2.45) is 5.41 Å². The zero-order valence-electron chi connectivity index (χ0n) is 13.1. The van der Waals surface area contributed by atoms with E-state index in [-0.39, 0.29) is 5.41 Å². The van der Waals surface area contributed by atoms with E-state index in [0.717, 1.165) is 26.1 Å². The van der Waals surface area contributed by atoms with Crippen LogP contribution >= 0.6 is 0 Å². The van der Waals surface area contributed by atoms with E-state index < -0.39 is 0 Å². The van der Waals surface area contributed by atoms with Crippen LogP contribution in [-0.2, 0) is 11.3 Å². The van der Waals surface area contributed by atoms with Crippen molar-refractivity contribution in [1.29, 1.82) is 0 Å². The van der Waals surface area contributed by atoms with Crippen LogP contribution < -0.4 is 5.32 Å². The molecule has 19 heavy (non-hydrogen) atoms. The molecule has 108 valence electrons. The van der Waals surface area contributed by atoms with E-state index >= 15 is 0 Å². The molecule has 2 heteroatoms. The topological polar surface area (TPSA) is 21.3 Å². The van der Waals surface area contributed by atoms with Gasteiger partial charge in [-0.15, -0.1) is 0 Å². The monoisotopic (exact) mass is 263 g/mol. The molecule has 0 fully saturated rings. The quantitative estimate of drug-likeness (QED) is 0.766. The lowest BCUT2D eigenvalue weighted by atomic mass is 9.89. The molecule has 1 N–H and O–H groups in total. The van der Waals surface area contributed by atoms with Gasteiger partial charge in [0.2, 0.25) is 0 Å². The Kier molecular flexibility index (Phi) is 6.53. The second-order valence-corrected chi connectivity index (χ2v) is 6.41. The lowest BCUT2D eigenvalue weighted by Gasteiger charge is -2.24. The fraction of sp³-hybridized carbons (Fsp3) is 0.647. The van der Waals surface area contributed by atoms with Gasteiger partial charge in [-0.2, -0.15) is 0 Å². The lowest BCUT2D eigenvalue weighted by molar-refractivity contribution is 0.150. The Bertz CT molecular complexity index is 354. The van der Waals surface area contributed by atoms with Crippen LogP contribution in [0.15, 0.2) is 24.3 Å². The first-order valence-corrected chi connectivity index (χ1v) is 7.23. The van der Waals surface area contributed by atoms with Crippen molar-refractivity contribution in [3.05, 3.63) is 35.4 Å². The Balaban J connectivity index is 2.36. The summed E-state index contributed by atoms with van der Waals surface area (Å²) in [6, 6.07) is 8.92. The summed E-state index contributed by atoms with van der Waals surface area (Å²) in [6.45, 7) is 11.8. The van der Waals surface area contributed by atoms with Gasteiger partial charge in [0, 0.05) is 26.8 Å². The normalized spacial score (nSPS) is 12.1. The number of rotatable bonds is 8. The zero-order valence-corrected chi connectivity index (χ0v) is 13.1. The van der Waals surface area contributed by atoms with Crippen molar-refractivity contribution in [2.75, 3.05) is 20.3 Å². The molecule has 0 heterocycles. The zero-order chi connectivity index (χ0) is 14.3. The Morgan fingerprint density at radius 2 is 1.79 bits per heavy atom. The smallest absolute Gasteiger partial charge is 0.0467 e. The van der Waals surface area contributed by atoms with Crippen LogP contribution in [0.5, 0.6) is 0 Å². The standard InChI is InChI=1S/C17H29NO/c1-14(2)16-8-6-15(7-9-16)12-18-13-17(3,4)10-11-19-5/h6-9,14,18H,10-13H2,1-5H3. The lowest BCUT2D eigenvalue weighted by Crippen LogP contribution is -2.30. The van der Waals surface area contributed by atoms with Gasteiger partial charge in [-0.1, -0.05) is 52.0 Å². The highest BCUT2D eigenvalue weighted by Crippen LogP contribution is 2.19. The van der Waals surface area contributed by atoms with Gasteiger partial charge in [-0.25, -0.2) is 0 Å². The fourth-order valence-electron chi connectivity index (χ4n) is 2.03. The maximum atomic E-state index is 5.15. The molecular weight excluding hydrogens is 234 g/mol. The van der Waals surface area contributed by atoms with E-state index in [1.807, 2.05) is 0 Å². The average Bonchev–Trinajstić information content (AvgIpc) is 2.37. The van der Waals surface area contributed by atoms with Gasteiger partial charge < -0.3 is 10.1 Å². The summed E-state index contributed by atoms with van der Waals surface area (Å²) in [4.78, 5) is 0. The van der Waals surface area contributed by atoms with Crippen molar-refractivity contribution in [1.82, 2.24) is 5.32 Å². The van der Waals surface area contributed by atoms with Crippen LogP contribution in [0, 0.1) is 5.41 Å². The number of hydrogen-bond donors (Lipinski definition) is 1. The van der Waals surface area contributed by atoms with E-state index in [9.17, 15) is 0 Å². The third-order valence-corrected chi connectivity index (χ3v) is 3.56. The van der Waals surface area contributed by atoms with Crippen LogP contribution in [0.25, 0.3) is 0 Å². The van der Waals surface area contributed by atoms with Crippen molar-refractivity contribution in [3.8, 4) is 0 Å². The molecule has 0 bridgehead atoms. The van der Waals surface area contributed by atoms with E-state index in [2.05, 4.69) is 57.3 Å². The third-order valence-electron chi connectivity index (χ3n) is 3.56. The van der Waals surface area contributed by atoms with Crippen LogP contribution in [0.4, 0.5) is 0 Å². The van der Waals surface area contributed by atoms with Crippen molar-refractivity contribution in [2.45, 2.75) is 46.6 Å². The molecule has 0 radical (unpaired) electrons. The Labute approximate surface area is 118 Å². The third kappa shape index (κ3) is 6.22. The first-order valence-electron chi connectivity index (χ1n) is 7.23. The predicted octanol–water partition coefficient (Wildman–Crippen LogP) is 3.96. The molecule has 1 aromatic carbocycles.